The summed E-state index contributed by atoms with van der Waals surface area (Å²) < 4.78 is 41.4. The molecule has 38 heavy (non-hydrogen) atoms. The van der Waals surface area contributed by atoms with Crippen LogP contribution in [0.25, 0.3) is 0 Å². The van der Waals surface area contributed by atoms with Crippen LogP contribution in [0.5, 0.6) is 11.5 Å². The number of hydrogen-bond donors (Lipinski definition) is 5. The highest BCUT2D eigenvalue weighted by atomic mass is 31.2. The predicted molar refractivity (Wildman–Crippen MR) is 135 cm³/mol. The molecule has 1 amide bonds. The van der Waals surface area contributed by atoms with Crippen molar-refractivity contribution in [1.29, 1.82) is 0 Å². The molecule has 216 valence electrons. The Bertz CT molecular complexity index is 959. The van der Waals surface area contributed by atoms with E-state index in [9.17, 15) is 29.5 Å². The highest BCUT2D eigenvalue weighted by Gasteiger charge is 2.50. The van der Waals surface area contributed by atoms with E-state index in [2.05, 4.69) is 10.4 Å². The second-order valence-corrected chi connectivity index (χ2v) is 11.3. The van der Waals surface area contributed by atoms with Crippen molar-refractivity contribution in [3.05, 3.63) is 24.3 Å². The van der Waals surface area contributed by atoms with Crippen molar-refractivity contribution in [3.8, 4) is 11.5 Å². The summed E-state index contributed by atoms with van der Waals surface area (Å²) >= 11 is 0. The Morgan fingerprint density at radius 1 is 1.11 bits per heavy atom. The van der Waals surface area contributed by atoms with Gasteiger partial charge >= 0.3 is 13.7 Å². The van der Waals surface area contributed by atoms with Gasteiger partial charge in [-0.1, -0.05) is 27.7 Å². The van der Waals surface area contributed by atoms with E-state index in [1.165, 1.54) is 26.2 Å². The number of benzene rings is 1. The molecular weight excluding hydrogens is 523 g/mol. The lowest BCUT2D eigenvalue weighted by Gasteiger charge is -2.43. The van der Waals surface area contributed by atoms with Gasteiger partial charge in [0.25, 0.3) is 0 Å². The minimum atomic E-state index is -4.55. The second kappa shape index (κ2) is 14.2. The number of rotatable bonds is 13. The third-order valence-corrected chi connectivity index (χ3v) is 7.13. The normalized spacial score (nSPS) is 25.9. The number of carbonyl (C=O) groups is 2. The first-order chi connectivity index (χ1) is 17.8. The number of aliphatic hydroxyl groups excluding tert-OH is 3. The monoisotopic (exact) mass is 562 g/mol. The van der Waals surface area contributed by atoms with Crippen molar-refractivity contribution in [2.24, 2.45) is 11.8 Å². The van der Waals surface area contributed by atoms with Crippen LogP contribution in [0.4, 0.5) is 0 Å². The number of amides is 1. The zero-order valence-electron chi connectivity index (χ0n) is 22.4. The summed E-state index contributed by atoms with van der Waals surface area (Å²) in [4.78, 5) is 24.5. The molecule has 0 spiro atoms. The first-order valence-electron chi connectivity index (χ1n) is 12.3. The van der Waals surface area contributed by atoms with Crippen LogP contribution in [0.3, 0.4) is 0 Å². The molecule has 1 aromatic carbocycles. The van der Waals surface area contributed by atoms with E-state index >= 15 is 0 Å². The molecular formula is C24H39N2O11P. The average Bonchev–Trinajstić information content (AvgIpc) is 2.85. The molecule has 0 radical (unpaired) electrons. The lowest BCUT2D eigenvalue weighted by atomic mass is 9.97. The zero-order chi connectivity index (χ0) is 28.6. The summed E-state index contributed by atoms with van der Waals surface area (Å²) in [5.41, 5.74) is 0. The minimum absolute atomic E-state index is 0.0577. The molecule has 0 bridgehead atoms. The smallest absolute Gasteiger partial charge is 0.459 e. The topological polar surface area (TPSA) is 182 Å². The Morgan fingerprint density at radius 2 is 1.71 bits per heavy atom. The van der Waals surface area contributed by atoms with Crippen molar-refractivity contribution in [2.45, 2.75) is 71.3 Å². The van der Waals surface area contributed by atoms with Gasteiger partial charge in [-0.2, -0.15) is 5.09 Å². The number of aliphatic hydroxyl groups is 3. The van der Waals surface area contributed by atoms with Crippen LogP contribution in [0.1, 0.15) is 34.6 Å². The van der Waals surface area contributed by atoms with Crippen LogP contribution >= 0.6 is 7.75 Å². The van der Waals surface area contributed by atoms with Crippen LogP contribution in [-0.4, -0.2) is 84.2 Å². The van der Waals surface area contributed by atoms with Gasteiger partial charge in [0.2, 0.25) is 5.91 Å². The van der Waals surface area contributed by atoms with Crippen molar-refractivity contribution in [3.63, 3.8) is 0 Å². The van der Waals surface area contributed by atoms with E-state index in [-0.39, 0.29) is 18.3 Å². The summed E-state index contributed by atoms with van der Waals surface area (Å²) in [6, 6.07) is 3.50. The molecule has 0 aliphatic carbocycles. The summed E-state index contributed by atoms with van der Waals surface area (Å²) in [5.74, 6) is -1.07. The van der Waals surface area contributed by atoms with E-state index in [1.54, 1.807) is 26.0 Å². The van der Waals surface area contributed by atoms with Crippen LogP contribution in [0, 0.1) is 11.8 Å². The van der Waals surface area contributed by atoms with Gasteiger partial charge in [0, 0.05) is 6.92 Å². The van der Waals surface area contributed by atoms with E-state index in [0.29, 0.717) is 5.75 Å². The Balaban J connectivity index is 2.43. The van der Waals surface area contributed by atoms with Crippen LogP contribution in [0.2, 0.25) is 0 Å². The highest BCUT2D eigenvalue weighted by Crippen LogP contribution is 2.48. The summed E-state index contributed by atoms with van der Waals surface area (Å²) in [6.45, 7) is 7.69. The van der Waals surface area contributed by atoms with Gasteiger partial charge in [-0.25, -0.2) is 4.57 Å². The van der Waals surface area contributed by atoms with Crippen molar-refractivity contribution in [1.82, 2.24) is 10.4 Å². The summed E-state index contributed by atoms with van der Waals surface area (Å²) in [6.07, 6.45) is -6.28. The average molecular weight is 563 g/mol. The van der Waals surface area contributed by atoms with Crippen LogP contribution in [-0.2, 0) is 28.2 Å². The minimum Gasteiger partial charge on any atom is -0.497 e. The fourth-order valence-electron chi connectivity index (χ4n) is 3.60. The van der Waals surface area contributed by atoms with Gasteiger partial charge in [0.15, 0.2) is 6.29 Å². The molecule has 2 unspecified atom stereocenters. The molecule has 1 aliphatic rings. The number of ether oxygens (including phenoxy) is 3. The van der Waals surface area contributed by atoms with Gasteiger partial charge < -0.3 is 39.4 Å². The SMILES string of the molecule is COc1ccc(OP(=O)(NC(C(=O)OCC(C)C)C(C)C)O[C@H]2[C@H](O)[C@@H](NC(C)=O)[C@@H](O)O[C@@H]2CO)cc1. The van der Waals surface area contributed by atoms with Gasteiger partial charge in [-0.3, -0.25) is 14.1 Å². The van der Waals surface area contributed by atoms with E-state index < -0.39 is 68.8 Å². The molecule has 14 heteroatoms. The molecule has 2 rings (SSSR count). The van der Waals surface area contributed by atoms with E-state index in [4.69, 9.17) is 23.3 Å². The fraction of sp³-hybridized carbons (Fsp3) is 0.667. The summed E-state index contributed by atoms with van der Waals surface area (Å²) in [7, 11) is -3.08. The van der Waals surface area contributed by atoms with Crippen molar-refractivity contribution in [2.75, 3.05) is 20.3 Å². The van der Waals surface area contributed by atoms with Gasteiger partial charge in [0.05, 0.1) is 20.3 Å². The number of carbonyl (C=O) groups excluding carboxylic acids is 2. The number of hydrogen-bond acceptors (Lipinski definition) is 11. The van der Waals surface area contributed by atoms with Crippen LogP contribution in [0.15, 0.2) is 24.3 Å². The number of methoxy groups -OCH3 is 1. The Hall–Kier alpha value is -2.25. The quantitative estimate of drug-likeness (QED) is 0.170. The van der Waals surface area contributed by atoms with Crippen molar-refractivity contribution < 1.29 is 52.7 Å². The zero-order valence-corrected chi connectivity index (χ0v) is 23.3. The van der Waals surface area contributed by atoms with Gasteiger partial charge in [-0.15, -0.1) is 0 Å². The first kappa shape index (κ1) is 32.0. The Morgan fingerprint density at radius 3 is 2.21 bits per heavy atom. The molecule has 1 aliphatic heterocycles. The summed E-state index contributed by atoms with van der Waals surface area (Å²) in [5, 5.41) is 36.0. The van der Waals surface area contributed by atoms with E-state index in [1.807, 2.05) is 13.8 Å². The molecule has 7 atom stereocenters. The van der Waals surface area contributed by atoms with Crippen LogP contribution < -0.4 is 19.7 Å². The molecule has 1 heterocycles. The second-order valence-electron chi connectivity index (χ2n) is 9.67. The van der Waals surface area contributed by atoms with E-state index in [0.717, 1.165) is 0 Å². The van der Waals surface area contributed by atoms with Gasteiger partial charge in [0.1, 0.15) is 41.9 Å². The predicted octanol–water partition coefficient (Wildman–Crippen LogP) is 0.956. The Labute approximate surface area is 222 Å². The molecule has 0 aromatic heterocycles. The first-order valence-corrected chi connectivity index (χ1v) is 13.8. The molecule has 5 N–H and O–H groups in total. The number of esters is 1. The Kier molecular flexibility index (Phi) is 12.0. The largest absolute Gasteiger partial charge is 0.497 e. The maximum Gasteiger partial charge on any atom is 0.459 e. The maximum absolute atomic E-state index is 14.2. The van der Waals surface area contributed by atoms with Gasteiger partial charge in [-0.05, 0) is 36.1 Å². The molecule has 0 saturated carbocycles. The maximum atomic E-state index is 14.2. The molecule has 1 aromatic rings. The highest BCUT2D eigenvalue weighted by molar-refractivity contribution is 7.52. The molecule has 13 nitrogen and oxygen atoms in total. The fourth-order valence-corrected chi connectivity index (χ4v) is 5.48. The van der Waals surface area contributed by atoms with Crippen molar-refractivity contribution >= 4 is 19.6 Å². The third-order valence-electron chi connectivity index (χ3n) is 5.56. The standard InChI is InChI=1S/C24H39N2O11P/c1-13(2)12-34-23(30)19(14(3)4)26-38(32,36-17-9-7-16(33-6)8-10-17)37-22-18(11-27)35-24(31)20(21(22)29)25-15(5)28/h7-10,13-14,18-22,24,27,29,31H,11-12H2,1-6H3,(H,25,28)(H,26,32)/t18-,19?,20-,21-,22-,24+,38?/m1/s1. The third kappa shape index (κ3) is 8.91. The molecule has 1 fully saturated rings. The lowest BCUT2D eigenvalue weighted by Crippen LogP contribution is -2.64. The molecule has 1 saturated heterocycles. The lowest BCUT2D eigenvalue weighted by molar-refractivity contribution is -0.249. The number of nitrogens with one attached hydrogen (secondary N) is 2.